The van der Waals surface area contributed by atoms with Crippen LogP contribution in [0.15, 0.2) is 30.5 Å². The molecular weight excluding hydrogens is 252 g/mol. The monoisotopic (exact) mass is 260 g/mol. The van der Waals surface area contributed by atoms with Gasteiger partial charge in [-0.05, 0) is 12.1 Å². The smallest absolute Gasteiger partial charge is 0.339 e. The van der Waals surface area contributed by atoms with E-state index in [0.717, 1.165) is 4.68 Å². The van der Waals surface area contributed by atoms with Crippen molar-refractivity contribution >= 4 is 18.0 Å². The first-order valence-electron chi connectivity index (χ1n) is 5.12. The third kappa shape index (κ3) is 2.32. The zero-order valence-electron chi connectivity index (χ0n) is 9.52. The Morgan fingerprint density at radius 2 is 2.00 bits per heavy atom. The number of nitro benzene ring substituents is 1. The third-order valence-corrected chi connectivity index (χ3v) is 2.45. The molecule has 96 valence electrons. The summed E-state index contributed by atoms with van der Waals surface area (Å²) in [5, 5.41) is 14.4. The molecule has 0 aliphatic heterocycles. The molecule has 0 atom stereocenters. The summed E-state index contributed by atoms with van der Waals surface area (Å²) >= 11 is 0. The Balaban J connectivity index is 2.48. The number of aromatic nitrogens is 2. The standard InChI is InChI=1S/C11H8N4O4/c12-11(17)14-5-8(6-16)10(13-14)7-1-3-9(4-2-7)15(18)19/h1-6H,(H2,12,17). The minimum atomic E-state index is -0.823. The summed E-state index contributed by atoms with van der Waals surface area (Å²) in [5.74, 6) is 0. The van der Waals surface area contributed by atoms with E-state index in [1.165, 1.54) is 30.5 Å². The van der Waals surface area contributed by atoms with Gasteiger partial charge >= 0.3 is 6.03 Å². The van der Waals surface area contributed by atoms with Crippen LogP contribution in [-0.2, 0) is 0 Å². The lowest BCUT2D eigenvalue weighted by Gasteiger charge is -1.97. The maximum absolute atomic E-state index is 11.0. The van der Waals surface area contributed by atoms with Gasteiger partial charge in [0.2, 0.25) is 0 Å². The zero-order chi connectivity index (χ0) is 14.0. The summed E-state index contributed by atoms with van der Waals surface area (Å²) in [5.41, 5.74) is 5.86. The number of hydrogen-bond acceptors (Lipinski definition) is 5. The Morgan fingerprint density at radius 1 is 1.37 bits per heavy atom. The quantitative estimate of drug-likeness (QED) is 0.504. The van der Waals surface area contributed by atoms with Gasteiger partial charge in [0.25, 0.3) is 5.69 Å². The van der Waals surface area contributed by atoms with Gasteiger partial charge in [0, 0.05) is 23.9 Å². The number of benzene rings is 1. The molecule has 2 aromatic rings. The van der Waals surface area contributed by atoms with Gasteiger partial charge in [0.15, 0.2) is 6.29 Å². The molecule has 1 heterocycles. The molecule has 19 heavy (non-hydrogen) atoms. The van der Waals surface area contributed by atoms with E-state index in [4.69, 9.17) is 5.73 Å². The van der Waals surface area contributed by atoms with E-state index < -0.39 is 11.0 Å². The summed E-state index contributed by atoms with van der Waals surface area (Å²) in [6.45, 7) is 0. The van der Waals surface area contributed by atoms with E-state index in [1.807, 2.05) is 0 Å². The van der Waals surface area contributed by atoms with Crippen molar-refractivity contribution in [1.29, 1.82) is 0 Å². The predicted molar refractivity (Wildman–Crippen MR) is 64.7 cm³/mol. The van der Waals surface area contributed by atoms with Crippen LogP contribution in [0.3, 0.4) is 0 Å². The number of nitrogens with zero attached hydrogens (tertiary/aromatic N) is 3. The van der Waals surface area contributed by atoms with E-state index in [2.05, 4.69) is 5.10 Å². The Morgan fingerprint density at radius 3 is 2.47 bits per heavy atom. The lowest BCUT2D eigenvalue weighted by molar-refractivity contribution is -0.384. The molecule has 2 rings (SSSR count). The number of amides is 1. The highest BCUT2D eigenvalue weighted by Crippen LogP contribution is 2.23. The number of aldehydes is 1. The number of non-ortho nitro benzene ring substituents is 1. The molecule has 0 unspecified atom stereocenters. The average Bonchev–Trinajstić information content (AvgIpc) is 2.83. The van der Waals surface area contributed by atoms with Crippen molar-refractivity contribution in [3.05, 3.63) is 46.1 Å². The van der Waals surface area contributed by atoms with Crippen LogP contribution in [0.5, 0.6) is 0 Å². The lowest BCUT2D eigenvalue weighted by atomic mass is 10.1. The molecule has 1 aromatic carbocycles. The van der Waals surface area contributed by atoms with E-state index in [1.54, 1.807) is 0 Å². The normalized spacial score (nSPS) is 10.1. The molecule has 1 aromatic heterocycles. The molecule has 8 nitrogen and oxygen atoms in total. The van der Waals surface area contributed by atoms with Crippen molar-refractivity contribution in [3.63, 3.8) is 0 Å². The second-order valence-electron chi connectivity index (χ2n) is 3.64. The second-order valence-corrected chi connectivity index (χ2v) is 3.64. The van der Waals surface area contributed by atoms with Gasteiger partial charge < -0.3 is 5.73 Å². The third-order valence-electron chi connectivity index (χ3n) is 2.45. The van der Waals surface area contributed by atoms with Crippen molar-refractivity contribution in [2.24, 2.45) is 5.73 Å². The summed E-state index contributed by atoms with van der Waals surface area (Å²) in [4.78, 5) is 31.9. The maximum Gasteiger partial charge on any atom is 0.339 e. The highest BCUT2D eigenvalue weighted by molar-refractivity contribution is 5.87. The minimum Gasteiger partial charge on any atom is -0.350 e. The summed E-state index contributed by atoms with van der Waals surface area (Å²) in [7, 11) is 0. The fourth-order valence-corrected chi connectivity index (χ4v) is 1.55. The molecule has 0 saturated heterocycles. The highest BCUT2D eigenvalue weighted by atomic mass is 16.6. The van der Waals surface area contributed by atoms with Crippen LogP contribution in [0, 0.1) is 10.1 Å². The van der Waals surface area contributed by atoms with Gasteiger partial charge in [-0.3, -0.25) is 14.9 Å². The van der Waals surface area contributed by atoms with E-state index in [0.29, 0.717) is 11.8 Å². The van der Waals surface area contributed by atoms with Gasteiger partial charge in [-0.25, -0.2) is 4.79 Å². The molecule has 0 aliphatic rings. The molecule has 0 fully saturated rings. The lowest BCUT2D eigenvalue weighted by Crippen LogP contribution is -2.19. The molecular formula is C11H8N4O4. The molecule has 8 heteroatoms. The van der Waals surface area contributed by atoms with Gasteiger partial charge in [-0.1, -0.05) is 0 Å². The number of carbonyl (C=O) groups is 2. The molecule has 0 spiro atoms. The minimum absolute atomic E-state index is 0.0780. The van der Waals surface area contributed by atoms with Crippen LogP contribution in [0.25, 0.3) is 11.3 Å². The van der Waals surface area contributed by atoms with Crippen LogP contribution < -0.4 is 5.73 Å². The van der Waals surface area contributed by atoms with E-state index in [9.17, 15) is 19.7 Å². The predicted octanol–water partition coefficient (Wildman–Crippen LogP) is 1.20. The van der Waals surface area contributed by atoms with Gasteiger partial charge in [-0.15, -0.1) is 0 Å². The van der Waals surface area contributed by atoms with Crippen LogP contribution >= 0.6 is 0 Å². The largest absolute Gasteiger partial charge is 0.350 e. The summed E-state index contributed by atoms with van der Waals surface area (Å²) < 4.78 is 0.834. The number of nitro groups is 1. The van der Waals surface area contributed by atoms with Gasteiger partial charge in [-0.2, -0.15) is 9.78 Å². The topological polar surface area (TPSA) is 121 Å². The number of rotatable bonds is 3. The van der Waals surface area contributed by atoms with Gasteiger partial charge in [0.1, 0.15) is 5.69 Å². The SMILES string of the molecule is NC(=O)n1cc(C=O)c(-c2ccc([N+](=O)[O-])cc2)n1. The Hall–Kier alpha value is -3.03. The zero-order valence-corrected chi connectivity index (χ0v) is 9.52. The van der Waals surface area contributed by atoms with Crippen molar-refractivity contribution in [1.82, 2.24) is 9.78 Å². The fraction of sp³-hybridized carbons (Fsp3) is 0. The maximum atomic E-state index is 11.0. The molecule has 1 amide bonds. The Kier molecular flexibility index (Phi) is 3.06. The van der Waals surface area contributed by atoms with E-state index in [-0.39, 0.29) is 16.9 Å². The Bertz CT molecular complexity index is 660. The van der Waals surface area contributed by atoms with Crippen molar-refractivity contribution < 1.29 is 14.5 Å². The number of nitrogens with two attached hydrogens (primary N) is 1. The van der Waals surface area contributed by atoms with Gasteiger partial charge in [0.05, 0.1) is 10.5 Å². The Labute approximate surface area is 106 Å². The van der Waals surface area contributed by atoms with Crippen LogP contribution in [-0.4, -0.2) is 27.0 Å². The molecule has 2 N–H and O–H groups in total. The summed E-state index contributed by atoms with van der Waals surface area (Å²) in [6.07, 6.45) is 1.73. The average molecular weight is 260 g/mol. The molecule has 0 radical (unpaired) electrons. The van der Waals surface area contributed by atoms with Crippen LogP contribution in [0.1, 0.15) is 10.4 Å². The highest BCUT2D eigenvalue weighted by Gasteiger charge is 2.14. The first-order valence-corrected chi connectivity index (χ1v) is 5.12. The molecule has 0 bridgehead atoms. The van der Waals surface area contributed by atoms with Crippen LogP contribution in [0.4, 0.5) is 10.5 Å². The number of primary amides is 1. The van der Waals surface area contributed by atoms with E-state index >= 15 is 0 Å². The number of carbonyl (C=O) groups excluding carboxylic acids is 2. The van der Waals surface area contributed by atoms with Crippen molar-refractivity contribution in [3.8, 4) is 11.3 Å². The van der Waals surface area contributed by atoms with Crippen LogP contribution in [0.2, 0.25) is 0 Å². The van der Waals surface area contributed by atoms with Crippen molar-refractivity contribution in [2.45, 2.75) is 0 Å². The van der Waals surface area contributed by atoms with Crippen molar-refractivity contribution in [2.75, 3.05) is 0 Å². The number of hydrogen-bond donors (Lipinski definition) is 1. The second kappa shape index (κ2) is 4.69. The first-order chi connectivity index (χ1) is 9.02. The first kappa shape index (κ1) is 12.4. The fourth-order valence-electron chi connectivity index (χ4n) is 1.55. The molecule has 0 saturated carbocycles. The summed E-state index contributed by atoms with van der Waals surface area (Å²) in [6, 6.07) is 4.63. The molecule has 0 aliphatic carbocycles.